The summed E-state index contributed by atoms with van der Waals surface area (Å²) in [6.45, 7) is 0. The second-order valence-corrected chi connectivity index (χ2v) is 3.83. The molecule has 1 aromatic heterocycles. The molecule has 2 nitrogen and oxygen atoms in total. The summed E-state index contributed by atoms with van der Waals surface area (Å²) in [5, 5.41) is 0. The van der Waals surface area contributed by atoms with Crippen LogP contribution >= 0.6 is 0 Å². The van der Waals surface area contributed by atoms with E-state index in [1.807, 2.05) is 24.4 Å². The van der Waals surface area contributed by atoms with Crippen molar-refractivity contribution in [1.82, 2.24) is 9.97 Å². The summed E-state index contributed by atoms with van der Waals surface area (Å²) in [5.74, 6) is 1.74. The maximum atomic E-state index is 4.39. The van der Waals surface area contributed by atoms with Crippen LogP contribution in [-0.4, -0.2) is 9.97 Å². The van der Waals surface area contributed by atoms with Crippen molar-refractivity contribution in [2.75, 3.05) is 0 Å². The zero-order valence-electron chi connectivity index (χ0n) is 7.90. The molecule has 14 heavy (non-hydrogen) atoms. The largest absolute Gasteiger partial charge is 0.342 e. The Bertz CT molecular complexity index is 427. The lowest BCUT2D eigenvalue weighted by atomic mass is 10.2. The van der Waals surface area contributed by atoms with Crippen LogP contribution in [-0.2, 0) is 0 Å². The van der Waals surface area contributed by atoms with Crippen LogP contribution in [0.25, 0.3) is 11.4 Å². The molecule has 1 aliphatic carbocycles. The van der Waals surface area contributed by atoms with Crippen molar-refractivity contribution in [3.8, 4) is 11.4 Å². The van der Waals surface area contributed by atoms with Crippen LogP contribution in [0.15, 0.2) is 36.5 Å². The molecule has 2 aromatic rings. The van der Waals surface area contributed by atoms with E-state index in [-0.39, 0.29) is 0 Å². The number of hydrogen-bond donors (Lipinski definition) is 1. The molecule has 1 N–H and O–H groups in total. The minimum Gasteiger partial charge on any atom is -0.342 e. The molecule has 0 saturated heterocycles. The summed E-state index contributed by atoms with van der Waals surface area (Å²) in [4.78, 5) is 7.77. The summed E-state index contributed by atoms with van der Waals surface area (Å²) >= 11 is 0. The quantitative estimate of drug-likeness (QED) is 0.763. The number of aromatic amines is 1. The highest BCUT2D eigenvalue weighted by molar-refractivity contribution is 5.54. The predicted octanol–water partition coefficient (Wildman–Crippen LogP) is 2.95. The van der Waals surface area contributed by atoms with Crippen LogP contribution in [0.4, 0.5) is 0 Å². The third-order valence-corrected chi connectivity index (χ3v) is 2.66. The van der Waals surface area contributed by atoms with Gasteiger partial charge in [-0.1, -0.05) is 30.3 Å². The van der Waals surface area contributed by atoms with Gasteiger partial charge >= 0.3 is 0 Å². The Morgan fingerprint density at radius 2 is 1.93 bits per heavy atom. The van der Waals surface area contributed by atoms with Crippen molar-refractivity contribution >= 4 is 0 Å². The summed E-state index contributed by atoms with van der Waals surface area (Å²) in [5.41, 5.74) is 2.46. The van der Waals surface area contributed by atoms with E-state index in [4.69, 9.17) is 0 Å². The van der Waals surface area contributed by atoms with Gasteiger partial charge in [0.2, 0.25) is 0 Å². The molecule has 0 amide bonds. The zero-order chi connectivity index (χ0) is 9.38. The molecule has 0 unspecified atom stereocenters. The van der Waals surface area contributed by atoms with Gasteiger partial charge in [0.05, 0.1) is 0 Å². The number of imidazole rings is 1. The van der Waals surface area contributed by atoms with Crippen molar-refractivity contribution in [2.45, 2.75) is 18.8 Å². The van der Waals surface area contributed by atoms with E-state index in [9.17, 15) is 0 Å². The molecule has 1 fully saturated rings. The van der Waals surface area contributed by atoms with Gasteiger partial charge in [0.25, 0.3) is 0 Å². The van der Waals surface area contributed by atoms with E-state index in [0.29, 0.717) is 0 Å². The van der Waals surface area contributed by atoms with Crippen LogP contribution in [0.1, 0.15) is 24.5 Å². The Kier molecular flexibility index (Phi) is 1.66. The first-order chi connectivity index (χ1) is 6.93. The Hall–Kier alpha value is -1.57. The molecule has 1 aromatic carbocycles. The molecule has 0 spiro atoms. The molecular weight excluding hydrogens is 172 g/mol. The fourth-order valence-electron chi connectivity index (χ4n) is 1.68. The van der Waals surface area contributed by atoms with Gasteiger partial charge < -0.3 is 4.98 Å². The van der Waals surface area contributed by atoms with E-state index in [1.54, 1.807) is 0 Å². The smallest absolute Gasteiger partial charge is 0.137 e. The molecule has 70 valence electrons. The Labute approximate surface area is 83.0 Å². The summed E-state index contributed by atoms with van der Waals surface area (Å²) in [6, 6.07) is 10.3. The number of nitrogens with zero attached hydrogens (tertiary/aromatic N) is 1. The predicted molar refractivity (Wildman–Crippen MR) is 56.0 cm³/mol. The maximum absolute atomic E-state index is 4.39. The van der Waals surface area contributed by atoms with Gasteiger partial charge in [-0.3, -0.25) is 0 Å². The minimum atomic E-state index is 0.750. The molecule has 1 saturated carbocycles. The second kappa shape index (κ2) is 2.98. The number of hydrogen-bond acceptors (Lipinski definition) is 1. The molecule has 0 bridgehead atoms. The number of nitrogens with one attached hydrogen (secondary N) is 1. The first kappa shape index (κ1) is 7.80. The molecule has 3 rings (SSSR count). The van der Waals surface area contributed by atoms with Gasteiger partial charge in [-0.05, 0) is 12.8 Å². The number of benzene rings is 1. The molecular formula is C12H12N2. The van der Waals surface area contributed by atoms with Gasteiger partial charge in [0, 0.05) is 23.4 Å². The van der Waals surface area contributed by atoms with Crippen LogP contribution in [0.2, 0.25) is 0 Å². The fraction of sp³-hybridized carbons (Fsp3) is 0.250. The summed E-state index contributed by atoms with van der Waals surface area (Å²) in [7, 11) is 0. The average Bonchev–Trinajstić information content (AvgIpc) is 2.98. The van der Waals surface area contributed by atoms with Crippen molar-refractivity contribution in [2.24, 2.45) is 0 Å². The summed E-state index contributed by atoms with van der Waals surface area (Å²) in [6.07, 6.45) is 4.60. The van der Waals surface area contributed by atoms with Crippen LogP contribution < -0.4 is 0 Å². The second-order valence-electron chi connectivity index (χ2n) is 3.83. The Morgan fingerprint density at radius 3 is 2.64 bits per heavy atom. The number of H-pyrrole nitrogens is 1. The first-order valence-corrected chi connectivity index (χ1v) is 5.04. The Morgan fingerprint density at radius 1 is 1.14 bits per heavy atom. The van der Waals surface area contributed by atoms with Crippen molar-refractivity contribution in [3.05, 3.63) is 42.2 Å². The lowest BCUT2D eigenvalue weighted by molar-refractivity contribution is 1.05. The van der Waals surface area contributed by atoms with Gasteiger partial charge in [-0.15, -0.1) is 0 Å². The molecule has 1 aliphatic rings. The van der Waals surface area contributed by atoms with Crippen LogP contribution in [0, 0.1) is 0 Å². The minimum absolute atomic E-state index is 0.750. The Balaban J connectivity index is 1.96. The van der Waals surface area contributed by atoms with E-state index in [0.717, 1.165) is 11.7 Å². The van der Waals surface area contributed by atoms with Gasteiger partial charge in [0.15, 0.2) is 0 Å². The lowest BCUT2D eigenvalue weighted by Gasteiger charge is -1.94. The number of rotatable bonds is 2. The molecule has 1 heterocycles. The van der Waals surface area contributed by atoms with Gasteiger partial charge in [-0.25, -0.2) is 4.98 Å². The first-order valence-electron chi connectivity index (χ1n) is 5.04. The van der Waals surface area contributed by atoms with E-state index < -0.39 is 0 Å². The van der Waals surface area contributed by atoms with Gasteiger partial charge in [-0.2, -0.15) is 0 Å². The molecule has 0 aliphatic heterocycles. The third kappa shape index (κ3) is 1.33. The zero-order valence-corrected chi connectivity index (χ0v) is 7.90. The van der Waals surface area contributed by atoms with Crippen LogP contribution in [0.3, 0.4) is 0 Å². The summed E-state index contributed by atoms with van der Waals surface area (Å²) < 4.78 is 0. The van der Waals surface area contributed by atoms with Crippen molar-refractivity contribution in [1.29, 1.82) is 0 Å². The molecule has 0 atom stereocenters. The lowest BCUT2D eigenvalue weighted by Crippen LogP contribution is -1.80. The van der Waals surface area contributed by atoms with Crippen molar-refractivity contribution in [3.63, 3.8) is 0 Å². The van der Waals surface area contributed by atoms with E-state index >= 15 is 0 Å². The average molecular weight is 184 g/mol. The maximum Gasteiger partial charge on any atom is 0.137 e. The standard InChI is InChI=1S/C12H12N2/c1-2-4-10(5-3-1)12-13-8-11(14-12)9-6-7-9/h1-5,8-9H,6-7H2,(H,13,14). The van der Waals surface area contributed by atoms with E-state index in [1.165, 1.54) is 24.1 Å². The molecule has 2 heteroatoms. The monoisotopic (exact) mass is 184 g/mol. The normalized spacial score (nSPS) is 15.7. The highest BCUT2D eigenvalue weighted by atomic mass is 14.9. The SMILES string of the molecule is c1ccc(-c2ncc(C3CC3)[nH]2)cc1. The van der Waals surface area contributed by atoms with E-state index in [2.05, 4.69) is 22.1 Å². The fourth-order valence-corrected chi connectivity index (χ4v) is 1.68. The van der Waals surface area contributed by atoms with Crippen molar-refractivity contribution < 1.29 is 0 Å². The highest BCUT2D eigenvalue weighted by Crippen LogP contribution is 2.39. The highest BCUT2D eigenvalue weighted by Gasteiger charge is 2.25. The topological polar surface area (TPSA) is 28.7 Å². The molecule has 0 radical (unpaired) electrons. The van der Waals surface area contributed by atoms with Gasteiger partial charge in [0.1, 0.15) is 5.82 Å². The third-order valence-electron chi connectivity index (χ3n) is 2.66. The number of aromatic nitrogens is 2. The van der Waals surface area contributed by atoms with Crippen LogP contribution in [0.5, 0.6) is 0 Å².